The predicted molar refractivity (Wildman–Crippen MR) is 133 cm³/mol. The van der Waals surface area contributed by atoms with Crippen LogP contribution in [0.1, 0.15) is 60.6 Å². The van der Waals surface area contributed by atoms with E-state index in [9.17, 15) is 21.6 Å². The zero-order chi connectivity index (χ0) is 25.6. The maximum atomic E-state index is 12.8. The lowest BCUT2D eigenvalue weighted by molar-refractivity contribution is 0.101. The zero-order valence-electron chi connectivity index (χ0n) is 19.5. The number of amides is 1. The Bertz CT molecular complexity index is 1400. The van der Waals surface area contributed by atoms with Crippen molar-refractivity contribution in [2.24, 2.45) is 5.41 Å². The molecule has 1 aromatic heterocycles. The highest BCUT2D eigenvalue weighted by Crippen LogP contribution is 2.47. The van der Waals surface area contributed by atoms with E-state index in [2.05, 4.69) is 30.2 Å². The Morgan fingerprint density at radius 1 is 1.08 bits per heavy atom. The summed E-state index contributed by atoms with van der Waals surface area (Å²) >= 11 is 0. The van der Waals surface area contributed by atoms with E-state index in [1.165, 1.54) is 25.7 Å². The van der Waals surface area contributed by atoms with Gasteiger partial charge in [0.1, 0.15) is 0 Å². The molecule has 192 valence electrons. The van der Waals surface area contributed by atoms with E-state index in [0.29, 0.717) is 22.4 Å². The number of hydrogen-bond acceptors (Lipinski definition) is 8. The van der Waals surface area contributed by atoms with Crippen LogP contribution in [0.4, 0.5) is 17.3 Å². The molecule has 1 amide bonds. The standard InChI is InChI=1S/C22H27N7O5S2/c1-23-21-25-19(26-27-21)20(30)24-17-5-4-15(16-13-35(31,32)28-36(33,34)14-16)12-18(17)29-10-8-22(9-11-29)6-2-3-7-22/h4-5,12,16,28H,2-3,6-11,13-14H2,(H,24,30)(H,25,26,27). The summed E-state index contributed by atoms with van der Waals surface area (Å²) in [5.74, 6) is -2.26. The fraction of sp³-hybridized carbons (Fsp3) is 0.545. The van der Waals surface area contributed by atoms with Crippen LogP contribution in [-0.4, -0.2) is 62.5 Å². The van der Waals surface area contributed by atoms with Gasteiger partial charge in [0.05, 0.1) is 22.9 Å². The van der Waals surface area contributed by atoms with Crippen LogP contribution in [0, 0.1) is 12.0 Å². The van der Waals surface area contributed by atoms with E-state index in [-0.39, 0.29) is 23.3 Å². The first-order valence-corrected chi connectivity index (χ1v) is 15.1. The van der Waals surface area contributed by atoms with Gasteiger partial charge in [0.2, 0.25) is 20.0 Å². The second kappa shape index (κ2) is 9.13. The van der Waals surface area contributed by atoms with Crippen molar-refractivity contribution in [3.63, 3.8) is 0 Å². The Hall–Kier alpha value is -3.02. The van der Waals surface area contributed by atoms with Gasteiger partial charge in [-0.05, 0) is 48.8 Å². The number of piperidine rings is 1. The number of anilines is 2. The SMILES string of the molecule is [C-]#[N+]c1nc(C(=O)Nc2ccc(C3CS(=O)(=O)NS(=O)(=O)C3)cc2N2CCC3(CCCC3)CC2)n[nH]1. The molecule has 3 heterocycles. The molecule has 1 aliphatic carbocycles. The summed E-state index contributed by atoms with van der Waals surface area (Å²) in [5.41, 5.74) is 2.12. The number of nitrogens with one attached hydrogen (secondary N) is 3. The minimum absolute atomic E-state index is 0.0954. The molecule has 1 saturated carbocycles. The molecule has 36 heavy (non-hydrogen) atoms. The van der Waals surface area contributed by atoms with E-state index in [1.807, 2.05) is 0 Å². The molecule has 5 rings (SSSR count). The van der Waals surface area contributed by atoms with E-state index in [4.69, 9.17) is 6.57 Å². The highest BCUT2D eigenvalue weighted by Gasteiger charge is 2.38. The first-order chi connectivity index (χ1) is 17.1. The molecule has 3 fully saturated rings. The van der Waals surface area contributed by atoms with Crippen LogP contribution in [0.2, 0.25) is 0 Å². The average molecular weight is 534 g/mol. The van der Waals surface area contributed by atoms with Crippen LogP contribution >= 0.6 is 0 Å². The first-order valence-electron chi connectivity index (χ1n) is 11.8. The second-order valence-corrected chi connectivity index (χ2v) is 13.7. The quantitative estimate of drug-likeness (QED) is 0.504. The van der Waals surface area contributed by atoms with Gasteiger partial charge in [0.15, 0.2) is 0 Å². The molecule has 3 aliphatic rings. The Kier molecular flexibility index (Phi) is 6.26. The Balaban J connectivity index is 1.46. The zero-order valence-corrected chi connectivity index (χ0v) is 21.2. The van der Waals surface area contributed by atoms with Gasteiger partial charge in [-0.15, -0.1) is 15.7 Å². The number of carbonyl (C=O) groups excluding carboxylic acids is 1. The van der Waals surface area contributed by atoms with Crippen molar-refractivity contribution in [1.29, 1.82) is 0 Å². The van der Waals surface area contributed by atoms with Gasteiger partial charge in [-0.1, -0.05) is 24.0 Å². The third-order valence-corrected chi connectivity index (χ3v) is 11.2. The molecule has 2 aromatic rings. The van der Waals surface area contributed by atoms with Crippen molar-refractivity contribution in [1.82, 2.24) is 19.3 Å². The van der Waals surface area contributed by atoms with Gasteiger partial charge in [0, 0.05) is 19.0 Å². The monoisotopic (exact) mass is 533 g/mol. The molecule has 0 radical (unpaired) electrons. The number of aromatic nitrogens is 3. The summed E-state index contributed by atoms with van der Waals surface area (Å²) < 4.78 is 50.5. The molecular weight excluding hydrogens is 506 g/mol. The topological polar surface area (TPSA) is 159 Å². The lowest BCUT2D eigenvalue weighted by atomic mass is 9.77. The number of hydrogen-bond donors (Lipinski definition) is 3. The summed E-state index contributed by atoms with van der Waals surface area (Å²) in [6, 6.07) is 5.09. The van der Waals surface area contributed by atoms with Crippen LogP contribution < -0.4 is 14.3 Å². The highest BCUT2D eigenvalue weighted by molar-refractivity contribution is 8.05. The summed E-state index contributed by atoms with van der Waals surface area (Å²) in [5, 5.41) is 8.98. The Labute approximate surface area is 209 Å². The molecular formula is C22H27N7O5S2. The van der Waals surface area contributed by atoms with Gasteiger partial charge in [-0.3, -0.25) is 4.79 Å². The van der Waals surface area contributed by atoms with Crippen molar-refractivity contribution < 1.29 is 21.6 Å². The summed E-state index contributed by atoms with van der Waals surface area (Å²) in [6.45, 7) is 8.55. The highest BCUT2D eigenvalue weighted by atomic mass is 32.3. The normalized spacial score (nSPS) is 22.8. The minimum atomic E-state index is -3.97. The largest absolute Gasteiger partial charge is 0.395 e. The number of H-pyrrole nitrogens is 1. The maximum absolute atomic E-state index is 12.8. The molecule has 0 atom stereocenters. The van der Waals surface area contributed by atoms with E-state index in [1.54, 1.807) is 22.3 Å². The predicted octanol–water partition coefficient (Wildman–Crippen LogP) is 2.11. The van der Waals surface area contributed by atoms with Crippen LogP contribution in [0.25, 0.3) is 4.85 Å². The number of benzene rings is 1. The van der Waals surface area contributed by atoms with E-state index < -0.39 is 31.9 Å². The van der Waals surface area contributed by atoms with Crippen molar-refractivity contribution in [2.75, 3.05) is 34.8 Å². The summed E-state index contributed by atoms with van der Waals surface area (Å²) in [7, 11) is -7.94. The van der Waals surface area contributed by atoms with E-state index in [0.717, 1.165) is 25.9 Å². The van der Waals surface area contributed by atoms with Gasteiger partial charge in [0.25, 0.3) is 0 Å². The second-order valence-electron chi connectivity index (χ2n) is 9.86. The van der Waals surface area contributed by atoms with Gasteiger partial charge < -0.3 is 15.1 Å². The fourth-order valence-corrected chi connectivity index (χ4v) is 9.55. The van der Waals surface area contributed by atoms with Crippen LogP contribution in [0.3, 0.4) is 0 Å². The average Bonchev–Trinajstić information content (AvgIpc) is 3.48. The van der Waals surface area contributed by atoms with Crippen molar-refractivity contribution in [3.05, 3.63) is 41.0 Å². The van der Waals surface area contributed by atoms with Crippen molar-refractivity contribution in [2.45, 2.75) is 44.4 Å². The fourth-order valence-electron chi connectivity index (χ4n) is 5.63. The molecule has 1 aromatic carbocycles. The minimum Gasteiger partial charge on any atom is -0.395 e. The van der Waals surface area contributed by atoms with Gasteiger partial charge >= 0.3 is 17.7 Å². The molecule has 3 N–H and O–H groups in total. The Morgan fingerprint density at radius 3 is 2.36 bits per heavy atom. The number of nitrogens with zero attached hydrogens (tertiary/aromatic N) is 4. The molecule has 2 saturated heterocycles. The number of aromatic amines is 1. The molecule has 1 spiro atoms. The van der Waals surface area contributed by atoms with E-state index >= 15 is 0 Å². The van der Waals surface area contributed by atoms with Crippen molar-refractivity contribution >= 4 is 43.3 Å². The molecule has 12 nitrogen and oxygen atoms in total. The van der Waals surface area contributed by atoms with Crippen molar-refractivity contribution in [3.8, 4) is 0 Å². The first kappa shape index (κ1) is 24.7. The number of sulfonamides is 2. The third kappa shape index (κ3) is 5.09. The molecule has 2 aliphatic heterocycles. The number of rotatable bonds is 4. The summed E-state index contributed by atoms with van der Waals surface area (Å²) in [6.07, 6.45) is 7.00. The lowest BCUT2D eigenvalue weighted by Crippen LogP contribution is -2.44. The molecule has 0 bridgehead atoms. The maximum Gasteiger partial charge on any atom is 0.357 e. The van der Waals surface area contributed by atoms with Gasteiger partial charge in [-0.25, -0.2) is 21.9 Å². The summed E-state index contributed by atoms with van der Waals surface area (Å²) in [4.78, 5) is 21.9. The van der Waals surface area contributed by atoms with Crippen LogP contribution in [0.15, 0.2) is 18.2 Å². The van der Waals surface area contributed by atoms with Crippen LogP contribution in [-0.2, 0) is 20.0 Å². The third-order valence-electron chi connectivity index (χ3n) is 7.45. The van der Waals surface area contributed by atoms with Crippen LogP contribution in [0.5, 0.6) is 0 Å². The van der Waals surface area contributed by atoms with Gasteiger partial charge in [-0.2, -0.15) is 0 Å². The Morgan fingerprint density at radius 2 is 1.75 bits per heavy atom. The smallest absolute Gasteiger partial charge is 0.357 e. The number of carbonyl (C=O) groups is 1. The molecule has 14 heteroatoms. The molecule has 0 unspecified atom stereocenters. The lowest BCUT2D eigenvalue weighted by Gasteiger charge is -2.41.